The summed E-state index contributed by atoms with van der Waals surface area (Å²) in [6.45, 7) is 0. The summed E-state index contributed by atoms with van der Waals surface area (Å²) in [5, 5.41) is 0. The number of carbonyl (C=O) groups excluding carboxylic acids is 3. The predicted octanol–water partition coefficient (Wildman–Crippen LogP) is 1.79. The van der Waals surface area contributed by atoms with Crippen LogP contribution in [0, 0.1) is 0 Å². The SMILES string of the molecule is O=C1CC(=O)c2cc(Br)ccc2C1=O. The highest BCUT2D eigenvalue weighted by molar-refractivity contribution is 9.10. The van der Waals surface area contributed by atoms with E-state index in [1.807, 2.05) is 0 Å². The van der Waals surface area contributed by atoms with Gasteiger partial charge in [0.1, 0.15) is 0 Å². The number of hydrogen-bond acceptors (Lipinski definition) is 3. The van der Waals surface area contributed by atoms with E-state index in [-0.39, 0.29) is 17.8 Å². The van der Waals surface area contributed by atoms with Gasteiger partial charge in [-0.2, -0.15) is 0 Å². The molecule has 1 aromatic carbocycles. The van der Waals surface area contributed by atoms with E-state index in [1.165, 1.54) is 6.07 Å². The van der Waals surface area contributed by atoms with E-state index >= 15 is 0 Å². The topological polar surface area (TPSA) is 51.2 Å². The Morgan fingerprint density at radius 1 is 1.00 bits per heavy atom. The fourth-order valence-electron chi connectivity index (χ4n) is 1.42. The lowest BCUT2D eigenvalue weighted by Crippen LogP contribution is -2.26. The minimum atomic E-state index is -0.621. The Morgan fingerprint density at radius 3 is 2.43 bits per heavy atom. The van der Waals surface area contributed by atoms with Crippen molar-refractivity contribution in [2.75, 3.05) is 0 Å². The van der Waals surface area contributed by atoms with Crippen molar-refractivity contribution in [2.24, 2.45) is 0 Å². The number of fused-ring (bicyclic) bond motifs is 1. The first kappa shape index (κ1) is 9.27. The molecule has 0 aromatic heterocycles. The summed E-state index contributed by atoms with van der Waals surface area (Å²) >= 11 is 3.20. The van der Waals surface area contributed by atoms with Crippen molar-refractivity contribution in [1.82, 2.24) is 0 Å². The van der Waals surface area contributed by atoms with Crippen molar-refractivity contribution >= 4 is 33.3 Å². The van der Waals surface area contributed by atoms with E-state index in [9.17, 15) is 14.4 Å². The molecule has 4 heteroatoms. The van der Waals surface area contributed by atoms with E-state index in [2.05, 4.69) is 15.9 Å². The standard InChI is InChI=1S/C10H5BrO3/c11-5-1-2-6-7(3-5)8(12)4-9(13)10(6)14/h1-3H,4H2. The van der Waals surface area contributed by atoms with Gasteiger partial charge < -0.3 is 0 Å². The van der Waals surface area contributed by atoms with Crippen molar-refractivity contribution < 1.29 is 14.4 Å². The fourth-order valence-corrected chi connectivity index (χ4v) is 1.78. The summed E-state index contributed by atoms with van der Waals surface area (Å²) in [5.41, 5.74) is 0.554. The zero-order valence-electron chi connectivity index (χ0n) is 7.04. The highest BCUT2D eigenvalue weighted by atomic mass is 79.9. The molecule has 0 N–H and O–H groups in total. The Kier molecular flexibility index (Phi) is 2.07. The summed E-state index contributed by atoms with van der Waals surface area (Å²) in [5.74, 6) is -1.47. The van der Waals surface area contributed by atoms with Crippen molar-refractivity contribution in [1.29, 1.82) is 0 Å². The molecule has 2 rings (SSSR count). The number of halogens is 1. The minimum Gasteiger partial charge on any atom is -0.294 e. The van der Waals surface area contributed by atoms with Gasteiger partial charge in [-0.25, -0.2) is 0 Å². The molecule has 0 spiro atoms. The minimum absolute atomic E-state index is 0.217. The lowest BCUT2D eigenvalue weighted by Gasteiger charge is -2.12. The highest BCUT2D eigenvalue weighted by Gasteiger charge is 2.30. The van der Waals surface area contributed by atoms with E-state index < -0.39 is 11.6 Å². The van der Waals surface area contributed by atoms with Gasteiger partial charge in [0.15, 0.2) is 5.78 Å². The third-order valence-electron chi connectivity index (χ3n) is 2.10. The fraction of sp³-hybridized carbons (Fsp3) is 0.100. The Hall–Kier alpha value is -1.29. The lowest BCUT2D eigenvalue weighted by atomic mass is 9.89. The normalized spacial score (nSPS) is 15.6. The summed E-state index contributed by atoms with van der Waals surface area (Å²) in [6, 6.07) is 4.71. The molecule has 1 aromatic rings. The van der Waals surface area contributed by atoms with Crippen LogP contribution >= 0.6 is 15.9 Å². The second-order valence-electron chi connectivity index (χ2n) is 3.04. The van der Waals surface area contributed by atoms with Gasteiger partial charge in [0.2, 0.25) is 11.6 Å². The predicted molar refractivity (Wildman–Crippen MR) is 52.4 cm³/mol. The largest absolute Gasteiger partial charge is 0.294 e. The van der Waals surface area contributed by atoms with E-state index in [1.54, 1.807) is 12.1 Å². The van der Waals surface area contributed by atoms with Gasteiger partial charge in [-0.3, -0.25) is 14.4 Å². The quantitative estimate of drug-likeness (QED) is 0.523. The first-order valence-electron chi connectivity index (χ1n) is 4.00. The lowest BCUT2D eigenvalue weighted by molar-refractivity contribution is -0.114. The van der Waals surface area contributed by atoms with Crippen LogP contribution in [0.15, 0.2) is 22.7 Å². The molecule has 14 heavy (non-hydrogen) atoms. The van der Waals surface area contributed by atoms with Gasteiger partial charge in [-0.1, -0.05) is 15.9 Å². The summed E-state index contributed by atoms with van der Waals surface area (Å²) < 4.78 is 0.728. The number of ketones is 3. The molecular formula is C10H5BrO3. The molecule has 0 heterocycles. The van der Waals surface area contributed by atoms with Crippen LogP contribution in [-0.2, 0) is 4.79 Å². The molecule has 0 saturated heterocycles. The second-order valence-corrected chi connectivity index (χ2v) is 3.96. The van der Waals surface area contributed by atoms with Crippen LogP contribution in [0.25, 0.3) is 0 Å². The first-order chi connectivity index (χ1) is 6.59. The van der Waals surface area contributed by atoms with Gasteiger partial charge >= 0.3 is 0 Å². The molecule has 0 atom stereocenters. The third-order valence-corrected chi connectivity index (χ3v) is 2.59. The molecule has 0 aliphatic heterocycles. The van der Waals surface area contributed by atoms with Crippen LogP contribution in [0.3, 0.4) is 0 Å². The summed E-state index contributed by atoms with van der Waals surface area (Å²) in [4.78, 5) is 33.8. The van der Waals surface area contributed by atoms with Crippen LogP contribution in [0.2, 0.25) is 0 Å². The van der Waals surface area contributed by atoms with E-state index in [0.717, 1.165) is 4.47 Å². The Morgan fingerprint density at radius 2 is 1.71 bits per heavy atom. The number of benzene rings is 1. The summed E-state index contributed by atoms with van der Waals surface area (Å²) in [6.07, 6.45) is -0.303. The van der Waals surface area contributed by atoms with Crippen molar-refractivity contribution in [3.63, 3.8) is 0 Å². The molecule has 0 saturated carbocycles. The van der Waals surface area contributed by atoms with Crippen LogP contribution in [-0.4, -0.2) is 17.3 Å². The van der Waals surface area contributed by atoms with Crippen LogP contribution < -0.4 is 0 Å². The monoisotopic (exact) mass is 252 g/mol. The first-order valence-corrected chi connectivity index (χ1v) is 4.79. The van der Waals surface area contributed by atoms with Gasteiger partial charge in [0.05, 0.1) is 6.42 Å². The van der Waals surface area contributed by atoms with Gasteiger partial charge in [-0.05, 0) is 18.2 Å². The van der Waals surface area contributed by atoms with Crippen molar-refractivity contribution in [3.8, 4) is 0 Å². The number of rotatable bonds is 0. The molecule has 3 nitrogen and oxygen atoms in total. The van der Waals surface area contributed by atoms with Crippen LogP contribution in [0.5, 0.6) is 0 Å². The number of carbonyl (C=O) groups is 3. The van der Waals surface area contributed by atoms with E-state index in [0.29, 0.717) is 5.56 Å². The molecule has 0 unspecified atom stereocenters. The smallest absolute Gasteiger partial charge is 0.229 e. The maximum atomic E-state index is 11.4. The maximum Gasteiger partial charge on any atom is 0.229 e. The molecule has 0 radical (unpaired) electrons. The maximum absolute atomic E-state index is 11.4. The molecule has 70 valence electrons. The third kappa shape index (κ3) is 1.32. The molecule has 1 aliphatic rings. The average Bonchev–Trinajstić information content (AvgIpc) is 2.14. The number of Topliss-reactive ketones (excluding diaryl/α,β-unsaturated/α-hetero) is 3. The zero-order valence-corrected chi connectivity index (χ0v) is 8.63. The molecule has 1 aliphatic carbocycles. The Labute approximate surface area is 88.2 Å². The average molecular weight is 253 g/mol. The van der Waals surface area contributed by atoms with Crippen LogP contribution in [0.1, 0.15) is 27.1 Å². The highest BCUT2D eigenvalue weighted by Crippen LogP contribution is 2.22. The van der Waals surface area contributed by atoms with Gasteiger partial charge in [0.25, 0.3) is 0 Å². The zero-order chi connectivity index (χ0) is 10.3. The molecule has 0 fully saturated rings. The van der Waals surface area contributed by atoms with Crippen LogP contribution in [0.4, 0.5) is 0 Å². The van der Waals surface area contributed by atoms with Crippen molar-refractivity contribution in [3.05, 3.63) is 33.8 Å². The summed E-state index contributed by atoms with van der Waals surface area (Å²) in [7, 11) is 0. The second kappa shape index (κ2) is 3.13. The van der Waals surface area contributed by atoms with Gasteiger partial charge in [-0.15, -0.1) is 0 Å². The van der Waals surface area contributed by atoms with Gasteiger partial charge in [0, 0.05) is 15.6 Å². The molecular weight excluding hydrogens is 248 g/mol. The molecule has 0 amide bonds. The Bertz CT molecular complexity index is 462. The number of hydrogen-bond donors (Lipinski definition) is 0. The molecule has 0 bridgehead atoms. The van der Waals surface area contributed by atoms with E-state index in [4.69, 9.17) is 0 Å². The van der Waals surface area contributed by atoms with Crippen molar-refractivity contribution in [2.45, 2.75) is 6.42 Å². The Balaban J connectivity index is 2.67.